The van der Waals surface area contributed by atoms with Crippen molar-refractivity contribution in [1.82, 2.24) is 0 Å². The smallest absolute Gasteiger partial charge is 0.316 e. The van der Waals surface area contributed by atoms with Crippen molar-refractivity contribution in [2.24, 2.45) is 11.8 Å². The molecule has 21 heavy (non-hydrogen) atoms. The van der Waals surface area contributed by atoms with Crippen molar-refractivity contribution < 1.29 is 14.3 Å². The summed E-state index contributed by atoms with van der Waals surface area (Å²) in [5, 5.41) is 0. The van der Waals surface area contributed by atoms with Crippen LogP contribution in [0.2, 0.25) is 0 Å². The van der Waals surface area contributed by atoms with E-state index in [1.165, 1.54) is 0 Å². The number of esters is 1. The molecule has 0 aliphatic heterocycles. The van der Waals surface area contributed by atoms with Crippen LogP contribution in [0.4, 0.5) is 0 Å². The molecule has 1 aliphatic carbocycles. The second-order valence-corrected chi connectivity index (χ2v) is 6.22. The first-order chi connectivity index (χ1) is 9.99. The Morgan fingerprint density at radius 1 is 1.48 bits per heavy atom. The number of halogens is 1. The summed E-state index contributed by atoms with van der Waals surface area (Å²) < 4.78 is 5.79. The predicted molar refractivity (Wildman–Crippen MR) is 88.1 cm³/mol. The number of hydrogen-bond donors (Lipinski definition) is 0. The van der Waals surface area contributed by atoms with E-state index in [0.717, 1.165) is 22.9 Å². The molecule has 2 atom stereocenters. The topological polar surface area (TPSA) is 43.4 Å². The zero-order valence-corrected chi connectivity index (χ0v) is 14.3. The average Bonchev–Trinajstić information content (AvgIpc) is 2.41. The van der Waals surface area contributed by atoms with Crippen LogP contribution in [0.25, 0.3) is 0 Å². The molecule has 0 aromatic heterocycles. The molecule has 116 valence electrons. The zero-order valence-electron chi connectivity index (χ0n) is 12.7. The highest BCUT2D eigenvalue weighted by Gasteiger charge is 2.36. The van der Waals surface area contributed by atoms with E-state index in [2.05, 4.69) is 22.5 Å². The molecule has 0 spiro atoms. The standard InChI is InChI=1S/C17H23BrO3/c1-4-7-13(10-12(3)18)11-14-8-6-9-15(16(14)19)17(20)21-5-2/h4,7,10,14-15H,3,5-6,8-9,11H2,1-2H3/b7-4-,13-10+. The Morgan fingerprint density at radius 2 is 2.19 bits per heavy atom. The number of ketones is 1. The summed E-state index contributed by atoms with van der Waals surface area (Å²) in [6.07, 6.45) is 8.81. The molecule has 0 heterocycles. The van der Waals surface area contributed by atoms with Gasteiger partial charge in [0.15, 0.2) is 0 Å². The largest absolute Gasteiger partial charge is 0.465 e. The van der Waals surface area contributed by atoms with Gasteiger partial charge in [-0.15, -0.1) is 0 Å². The molecule has 0 amide bonds. The Labute approximate surface area is 135 Å². The summed E-state index contributed by atoms with van der Waals surface area (Å²) in [4.78, 5) is 24.3. The van der Waals surface area contributed by atoms with Crippen molar-refractivity contribution in [1.29, 1.82) is 0 Å². The van der Waals surface area contributed by atoms with Gasteiger partial charge >= 0.3 is 5.97 Å². The van der Waals surface area contributed by atoms with Gasteiger partial charge in [0.25, 0.3) is 0 Å². The third-order valence-electron chi connectivity index (χ3n) is 3.57. The number of carbonyl (C=O) groups is 2. The molecule has 4 heteroatoms. The summed E-state index contributed by atoms with van der Waals surface area (Å²) in [6.45, 7) is 7.82. The van der Waals surface area contributed by atoms with E-state index in [1.54, 1.807) is 6.92 Å². The normalized spacial score (nSPS) is 23.4. The lowest BCUT2D eigenvalue weighted by molar-refractivity contribution is -0.154. The summed E-state index contributed by atoms with van der Waals surface area (Å²) in [7, 11) is 0. The van der Waals surface area contributed by atoms with Crippen LogP contribution in [0.5, 0.6) is 0 Å². The van der Waals surface area contributed by atoms with Crippen molar-refractivity contribution in [2.45, 2.75) is 39.5 Å². The van der Waals surface area contributed by atoms with Gasteiger partial charge in [-0.25, -0.2) is 0 Å². The van der Waals surface area contributed by atoms with Crippen molar-refractivity contribution in [2.75, 3.05) is 6.61 Å². The lowest BCUT2D eigenvalue weighted by atomic mass is 9.77. The SMILES string of the molecule is C=C(Br)/C=C(\C=C/C)CC1CCCC(C(=O)OCC)C1=O. The van der Waals surface area contributed by atoms with Crippen LogP contribution < -0.4 is 0 Å². The van der Waals surface area contributed by atoms with Gasteiger partial charge in [0.2, 0.25) is 0 Å². The Morgan fingerprint density at radius 3 is 2.76 bits per heavy atom. The third kappa shape index (κ3) is 5.62. The van der Waals surface area contributed by atoms with Crippen LogP contribution >= 0.6 is 15.9 Å². The van der Waals surface area contributed by atoms with E-state index in [4.69, 9.17) is 4.74 Å². The first-order valence-corrected chi connectivity index (χ1v) is 8.16. The molecule has 1 rings (SSSR count). The highest BCUT2D eigenvalue weighted by molar-refractivity contribution is 9.11. The maximum atomic E-state index is 12.5. The average molecular weight is 355 g/mol. The number of ether oxygens (including phenoxy) is 1. The molecule has 1 saturated carbocycles. The third-order valence-corrected chi connectivity index (χ3v) is 3.80. The maximum absolute atomic E-state index is 12.5. The van der Waals surface area contributed by atoms with E-state index in [1.807, 2.05) is 25.2 Å². The Bertz CT molecular complexity index is 463. The second-order valence-electron chi connectivity index (χ2n) is 5.21. The van der Waals surface area contributed by atoms with Crippen molar-refractivity contribution in [3.8, 4) is 0 Å². The molecule has 3 nitrogen and oxygen atoms in total. The van der Waals surface area contributed by atoms with E-state index < -0.39 is 5.92 Å². The van der Waals surface area contributed by atoms with Gasteiger partial charge in [-0.3, -0.25) is 9.59 Å². The van der Waals surface area contributed by atoms with Crippen LogP contribution in [0.3, 0.4) is 0 Å². The van der Waals surface area contributed by atoms with Crippen molar-refractivity contribution in [3.05, 3.63) is 34.9 Å². The fourth-order valence-corrected chi connectivity index (χ4v) is 2.99. The summed E-state index contributed by atoms with van der Waals surface area (Å²) >= 11 is 3.32. The first kappa shape index (κ1) is 17.9. The zero-order chi connectivity index (χ0) is 15.8. The van der Waals surface area contributed by atoms with Gasteiger partial charge in [0, 0.05) is 10.4 Å². The van der Waals surface area contributed by atoms with Crippen LogP contribution in [0.1, 0.15) is 39.5 Å². The van der Waals surface area contributed by atoms with E-state index in [0.29, 0.717) is 19.4 Å². The van der Waals surface area contributed by atoms with Gasteiger partial charge in [-0.05, 0) is 44.8 Å². The predicted octanol–water partition coefficient (Wildman–Crippen LogP) is 4.34. The number of rotatable bonds is 6. The minimum atomic E-state index is -0.581. The van der Waals surface area contributed by atoms with Gasteiger partial charge in [-0.2, -0.15) is 0 Å². The van der Waals surface area contributed by atoms with Crippen LogP contribution in [0.15, 0.2) is 34.9 Å². The molecule has 2 unspecified atom stereocenters. The molecule has 0 aromatic rings. The van der Waals surface area contributed by atoms with E-state index in [9.17, 15) is 9.59 Å². The second kappa shape index (κ2) is 8.98. The quantitative estimate of drug-likeness (QED) is 0.405. The fourth-order valence-electron chi connectivity index (χ4n) is 2.69. The van der Waals surface area contributed by atoms with Crippen LogP contribution in [-0.4, -0.2) is 18.4 Å². The molecule has 0 radical (unpaired) electrons. The number of carbonyl (C=O) groups excluding carboxylic acids is 2. The molecular formula is C17H23BrO3. The van der Waals surface area contributed by atoms with Crippen LogP contribution in [0, 0.1) is 11.8 Å². The summed E-state index contributed by atoms with van der Waals surface area (Å²) in [5.41, 5.74) is 1.04. The monoisotopic (exact) mass is 354 g/mol. The molecule has 0 bridgehead atoms. The molecule has 0 saturated heterocycles. The summed E-state index contributed by atoms with van der Waals surface area (Å²) in [5.74, 6) is -1.03. The molecule has 0 N–H and O–H groups in total. The van der Waals surface area contributed by atoms with Crippen LogP contribution in [-0.2, 0) is 14.3 Å². The van der Waals surface area contributed by atoms with E-state index >= 15 is 0 Å². The van der Waals surface area contributed by atoms with Gasteiger partial charge in [-0.1, -0.05) is 41.1 Å². The number of Topliss-reactive ketones (excluding diaryl/α,β-unsaturated/α-hetero) is 1. The minimum absolute atomic E-state index is 0.0234. The van der Waals surface area contributed by atoms with Gasteiger partial charge in [0.1, 0.15) is 11.7 Å². The fraction of sp³-hybridized carbons (Fsp3) is 0.529. The number of allylic oxidation sites excluding steroid dienone is 5. The highest BCUT2D eigenvalue weighted by atomic mass is 79.9. The van der Waals surface area contributed by atoms with Gasteiger partial charge in [0.05, 0.1) is 6.61 Å². The maximum Gasteiger partial charge on any atom is 0.316 e. The minimum Gasteiger partial charge on any atom is -0.465 e. The van der Waals surface area contributed by atoms with E-state index in [-0.39, 0.29) is 17.7 Å². The van der Waals surface area contributed by atoms with Crippen molar-refractivity contribution >= 4 is 27.7 Å². The highest BCUT2D eigenvalue weighted by Crippen LogP contribution is 2.31. The van der Waals surface area contributed by atoms with Crippen molar-refractivity contribution in [3.63, 3.8) is 0 Å². The van der Waals surface area contributed by atoms with Gasteiger partial charge < -0.3 is 4.74 Å². The lowest BCUT2D eigenvalue weighted by Gasteiger charge is -2.26. The first-order valence-electron chi connectivity index (χ1n) is 7.37. The lowest BCUT2D eigenvalue weighted by Crippen LogP contribution is -2.35. The Kier molecular flexibility index (Phi) is 7.65. The Hall–Kier alpha value is -1.16. The Balaban J connectivity index is 2.80. The molecular weight excluding hydrogens is 332 g/mol. The molecule has 1 fully saturated rings. The molecule has 0 aromatic carbocycles. The number of hydrogen-bond acceptors (Lipinski definition) is 3. The molecule has 1 aliphatic rings. The summed E-state index contributed by atoms with van der Waals surface area (Å²) in [6, 6.07) is 0.